The van der Waals surface area contributed by atoms with Gasteiger partial charge in [0.25, 0.3) is 0 Å². The fraction of sp³-hybridized carbons (Fsp3) is 0.909. The highest BCUT2D eigenvalue weighted by molar-refractivity contribution is 7.99. The van der Waals surface area contributed by atoms with Crippen molar-refractivity contribution in [1.29, 1.82) is 0 Å². The van der Waals surface area contributed by atoms with Crippen molar-refractivity contribution < 1.29 is 9.53 Å². The van der Waals surface area contributed by atoms with E-state index in [4.69, 9.17) is 10.5 Å². The summed E-state index contributed by atoms with van der Waals surface area (Å²) in [7, 11) is 0. The molecular weight excluding hydrogens is 210 g/mol. The smallest absolute Gasteiger partial charge is 0.305 e. The van der Waals surface area contributed by atoms with Gasteiger partial charge in [-0.2, -0.15) is 11.8 Å². The molecule has 0 aromatic heterocycles. The van der Waals surface area contributed by atoms with E-state index in [-0.39, 0.29) is 12.0 Å². The maximum atomic E-state index is 11.0. The molecule has 2 N–H and O–H groups in total. The number of carbonyl (C=O) groups excluding carboxylic acids is 1. The van der Waals surface area contributed by atoms with Crippen LogP contribution in [0.4, 0.5) is 0 Å². The van der Waals surface area contributed by atoms with Crippen molar-refractivity contribution in [3.63, 3.8) is 0 Å². The van der Waals surface area contributed by atoms with E-state index >= 15 is 0 Å². The molecule has 0 aliphatic carbocycles. The quantitative estimate of drug-likeness (QED) is 0.490. The van der Waals surface area contributed by atoms with Crippen LogP contribution in [0, 0.1) is 0 Å². The molecule has 0 amide bonds. The Morgan fingerprint density at radius 3 is 2.73 bits per heavy atom. The standard InChI is InChI=1S/C11H23NO2S/c1-3-14-11(13)7-5-4-6-8-15-9-10(2)12/h10H,3-9,12H2,1-2H3. The van der Waals surface area contributed by atoms with Gasteiger partial charge in [-0.25, -0.2) is 0 Å². The lowest BCUT2D eigenvalue weighted by atomic mass is 10.2. The minimum atomic E-state index is -0.0688. The normalized spacial score (nSPS) is 12.5. The molecule has 0 aromatic rings. The molecule has 3 nitrogen and oxygen atoms in total. The Labute approximate surface area is 97.1 Å². The second kappa shape index (κ2) is 10.3. The molecule has 0 aliphatic heterocycles. The van der Waals surface area contributed by atoms with Crippen LogP contribution in [0.25, 0.3) is 0 Å². The van der Waals surface area contributed by atoms with Crippen LogP contribution in [0.2, 0.25) is 0 Å². The minimum absolute atomic E-state index is 0.0688. The van der Waals surface area contributed by atoms with Crippen LogP contribution in [0.1, 0.15) is 39.5 Å². The summed E-state index contributed by atoms with van der Waals surface area (Å²) in [6.07, 6.45) is 3.77. The summed E-state index contributed by atoms with van der Waals surface area (Å²) >= 11 is 1.89. The summed E-state index contributed by atoms with van der Waals surface area (Å²) in [5, 5.41) is 0. The lowest BCUT2D eigenvalue weighted by Gasteiger charge is -2.04. The van der Waals surface area contributed by atoms with E-state index in [0.717, 1.165) is 30.8 Å². The molecule has 0 saturated carbocycles. The lowest BCUT2D eigenvalue weighted by Crippen LogP contribution is -2.17. The fourth-order valence-electron chi connectivity index (χ4n) is 1.15. The number of rotatable bonds is 9. The Morgan fingerprint density at radius 1 is 1.40 bits per heavy atom. The Balaban J connectivity index is 3.08. The number of thioether (sulfide) groups is 1. The van der Waals surface area contributed by atoms with E-state index in [9.17, 15) is 4.79 Å². The van der Waals surface area contributed by atoms with Gasteiger partial charge in [0.1, 0.15) is 0 Å². The topological polar surface area (TPSA) is 52.3 Å². The summed E-state index contributed by atoms with van der Waals surface area (Å²) in [5.74, 6) is 2.10. The van der Waals surface area contributed by atoms with Crippen LogP contribution in [-0.2, 0) is 9.53 Å². The minimum Gasteiger partial charge on any atom is -0.466 e. The van der Waals surface area contributed by atoms with E-state index in [1.807, 2.05) is 25.6 Å². The van der Waals surface area contributed by atoms with Crippen molar-refractivity contribution in [1.82, 2.24) is 0 Å². The molecule has 0 rings (SSSR count). The van der Waals surface area contributed by atoms with Gasteiger partial charge in [0, 0.05) is 18.2 Å². The largest absolute Gasteiger partial charge is 0.466 e. The summed E-state index contributed by atoms with van der Waals surface area (Å²) in [4.78, 5) is 11.0. The number of hydrogen-bond donors (Lipinski definition) is 1. The molecule has 0 bridgehead atoms. The van der Waals surface area contributed by atoms with Gasteiger partial charge in [-0.1, -0.05) is 6.42 Å². The zero-order valence-corrected chi connectivity index (χ0v) is 10.6. The highest BCUT2D eigenvalue weighted by atomic mass is 32.2. The molecule has 0 fully saturated rings. The Bertz CT molecular complexity index is 163. The van der Waals surface area contributed by atoms with Gasteiger partial charge in [0.2, 0.25) is 0 Å². The number of ether oxygens (including phenoxy) is 1. The molecule has 1 atom stereocenters. The fourth-order valence-corrected chi connectivity index (χ4v) is 2.10. The van der Waals surface area contributed by atoms with Gasteiger partial charge < -0.3 is 10.5 Å². The first-order chi connectivity index (χ1) is 7.16. The molecular formula is C11H23NO2S. The van der Waals surface area contributed by atoms with Gasteiger partial charge in [-0.05, 0) is 32.4 Å². The SMILES string of the molecule is CCOC(=O)CCCCCSCC(C)N. The van der Waals surface area contributed by atoms with Crippen molar-refractivity contribution in [2.45, 2.75) is 45.6 Å². The molecule has 0 saturated heterocycles. The second-order valence-electron chi connectivity index (χ2n) is 3.67. The van der Waals surface area contributed by atoms with Gasteiger partial charge in [-0.15, -0.1) is 0 Å². The monoisotopic (exact) mass is 233 g/mol. The van der Waals surface area contributed by atoms with E-state index in [2.05, 4.69) is 0 Å². The molecule has 15 heavy (non-hydrogen) atoms. The second-order valence-corrected chi connectivity index (χ2v) is 4.82. The first-order valence-electron chi connectivity index (χ1n) is 5.65. The van der Waals surface area contributed by atoms with Crippen LogP contribution >= 0.6 is 11.8 Å². The highest BCUT2D eigenvalue weighted by Crippen LogP contribution is 2.08. The van der Waals surface area contributed by atoms with Crippen molar-refractivity contribution in [2.75, 3.05) is 18.1 Å². The van der Waals surface area contributed by atoms with Crippen molar-refractivity contribution in [2.24, 2.45) is 5.73 Å². The average molecular weight is 233 g/mol. The van der Waals surface area contributed by atoms with Crippen LogP contribution in [0.5, 0.6) is 0 Å². The number of nitrogens with two attached hydrogens (primary N) is 1. The van der Waals surface area contributed by atoms with E-state index < -0.39 is 0 Å². The molecule has 0 aromatic carbocycles. The van der Waals surface area contributed by atoms with E-state index in [1.165, 1.54) is 0 Å². The maximum absolute atomic E-state index is 11.0. The van der Waals surface area contributed by atoms with Gasteiger partial charge >= 0.3 is 5.97 Å². The molecule has 90 valence electrons. The predicted octanol–water partition coefficient (Wildman–Crippen LogP) is 2.19. The number of esters is 1. The number of hydrogen-bond acceptors (Lipinski definition) is 4. The van der Waals surface area contributed by atoms with Crippen LogP contribution < -0.4 is 5.73 Å². The summed E-state index contributed by atoms with van der Waals surface area (Å²) in [6.45, 7) is 4.35. The Morgan fingerprint density at radius 2 is 2.13 bits per heavy atom. The number of carbonyl (C=O) groups is 1. The van der Waals surface area contributed by atoms with Crippen molar-refractivity contribution in [3.05, 3.63) is 0 Å². The third kappa shape index (κ3) is 11.7. The first kappa shape index (κ1) is 14.8. The lowest BCUT2D eigenvalue weighted by molar-refractivity contribution is -0.143. The van der Waals surface area contributed by atoms with Gasteiger partial charge in [-0.3, -0.25) is 4.79 Å². The van der Waals surface area contributed by atoms with Gasteiger partial charge in [0.05, 0.1) is 6.61 Å². The highest BCUT2D eigenvalue weighted by Gasteiger charge is 2.00. The van der Waals surface area contributed by atoms with Crippen molar-refractivity contribution in [3.8, 4) is 0 Å². The van der Waals surface area contributed by atoms with Gasteiger partial charge in [0.15, 0.2) is 0 Å². The summed E-state index contributed by atoms with van der Waals surface area (Å²) < 4.78 is 4.84. The van der Waals surface area contributed by atoms with E-state index in [1.54, 1.807) is 0 Å². The van der Waals surface area contributed by atoms with Crippen LogP contribution in [0.3, 0.4) is 0 Å². The van der Waals surface area contributed by atoms with Crippen LogP contribution in [0.15, 0.2) is 0 Å². The predicted molar refractivity (Wildman–Crippen MR) is 66.1 cm³/mol. The average Bonchev–Trinajstić information content (AvgIpc) is 2.16. The maximum Gasteiger partial charge on any atom is 0.305 e. The number of unbranched alkanes of at least 4 members (excludes halogenated alkanes) is 2. The van der Waals surface area contributed by atoms with Crippen molar-refractivity contribution >= 4 is 17.7 Å². The Kier molecular flexibility index (Phi) is 10.2. The molecule has 1 unspecified atom stereocenters. The van der Waals surface area contributed by atoms with E-state index in [0.29, 0.717) is 13.0 Å². The molecule has 0 spiro atoms. The first-order valence-corrected chi connectivity index (χ1v) is 6.81. The third-order valence-corrected chi connectivity index (χ3v) is 3.19. The molecule has 0 heterocycles. The Hall–Kier alpha value is -0.220. The summed E-state index contributed by atoms with van der Waals surface area (Å²) in [5.41, 5.74) is 5.62. The molecule has 0 aliphatic rings. The van der Waals surface area contributed by atoms with Crippen LogP contribution in [-0.4, -0.2) is 30.1 Å². The molecule has 4 heteroatoms. The third-order valence-electron chi connectivity index (χ3n) is 1.86. The zero-order chi connectivity index (χ0) is 11.5. The zero-order valence-electron chi connectivity index (χ0n) is 9.83. The molecule has 0 radical (unpaired) electrons. The summed E-state index contributed by atoms with van der Waals surface area (Å²) in [6, 6.07) is 0.287.